The molecule has 0 aliphatic carbocycles. The molecule has 0 radical (unpaired) electrons. The summed E-state index contributed by atoms with van der Waals surface area (Å²) in [4.78, 5) is 11.8. The van der Waals surface area contributed by atoms with E-state index in [1.54, 1.807) is 0 Å². The van der Waals surface area contributed by atoms with Crippen LogP contribution >= 0.6 is 0 Å². The fraction of sp³-hybridized carbons (Fsp3) is 0.250. The highest BCUT2D eigenvalue weighted by atomic mass is 16.6. The first-order valence-electron chi connectivity index (χ1n) is 5.50. The molecular weight excluding hydrogens is 232 g/mol. The number of carbonyl (C=O) groups excluding carboxylic acids is 1. The van der Waals surface area contributed by atoms with E-state index in [1.165, 1.54) is 5.56 Å². The van der Waals surface area contributed by atoms with Gasteiger partial charge < -0.3 is 11.1 Å². The van der Waals surface area contributed by atoms with Crippen LogP contribution in [0.3, 0.4) is 0 Å². The van der Waals surface area contributed by atoms with Crippen LogP contribution in [-0.4, -0.2) is 16.2 Å². The lowest BCUT2D eigenvalue weighted by Crippen LogP contribution is -2.15. The molecule has 0 saturated heterocycles. The van der Waals surface area contributed by atoms with Crippen molar-refractivity contribution < 1.29 is 9.42 Å². The van der Waals surface area contributed by atoms with Gasteiger partial charge in [-0.05, 0) is 42.3 Å². The second kappa shape index (κ2) is 4.87. The van der Waals surface area contributed by atoms with E-state index in [0.717, 1.165) is 11.3 Å². The molecule has 2 aromatic rings. The molecule has 1 aromatic carbocycles. The highest BCUT2D eigenvalue weighted by Gasteiger charge is 2.11. The summed E-state index contributed by atoms with van der Waals surface area (Å²) in [6.45, 7) is 4.01. The highest BCUT2D eigenvalue weighted by Crippen LogP contribution is 2.14. The van der Waals surface area contributed by atoms with Crippen molar-refractivity contribution in [2.45, 2.75) is 20.3 Å². The van der Waals surface area contributed by atoms with Crippen LogP contribution in [0.1, 0.15) is 16.8 Å². The van der Waals surface area contributed by atoms with Gasteiger partial charge in [0.1, 0.15) is 5.69 Å². The second-order valence-electron chi connectivity index (χ2n) is 4.12. The van der Waals surface area contributed by atoms with Crippen LogP contribution in [0.4, 0.5) is 11.5 Å². The maximum atomic E-state index is 11.8. The minimum Gasteiger partial charge on any atom is -0.379 e. The summed E-state index contributed by atoms with van der Waals surface area (Å²) < 4.78 is 4.43. The number of aryl methyl sites for hydroxylation is 2. The molecule has 3 N–H and O–H groups in total. The standard InChI is InChI=1S/C12H14N4O2/c1-7-3-4-9(5-8(7)2)14-11(17)6-10-12(13)16-18-15-10/h3-5H,6H2,1-2H3,(H2,13,16)(H,14,17). The Morgan fingerprint density at radius 2 is 2.11 bits per heavy atom. The van der Waals surface area contributed by atoms with Crippen LogP contribution in [0.5, 0.6) is 0 Å². The van der Waals surface area contributed by atoms with Crippen LogP contribution in [0.2, 0.25) is 0 Å². The van der Waals surface area contributed by atoms with Gasteiger partial charge in [-0.2, -0.15) is 0 Å². The monoisotopic (exact) mass is 246 g/mol. The van der Waals surface area contributed by atoms with Crippen molar-refractivity contribution in [3.8, 4) is 0 Å². The first kappa shape index (κ1) is 12.1. The molecule has 0 aliphatic rings. The highest BCUT2D eigenvalue weighted by molar-refractivity contribution is 5.92. The average molecular weight is 246 g/mol. The molecule has 0 unspecified atom stereocenters. The summed E-state index contributed by atoms with van der Waals surface area (Å²) in [7, 11) is 0. The Labute approximate surface area is 104 Å². The van der Waals surface area contributed by atoms with Crippen molar-refractivity contribution >= 4 is 17.4 Å². The van der Waals surface area contributed by atoms with Crippen LogP contribution in [-0.2, 0) is 11.2 Å². The molecule has 0 bridgehead atoms. The number of hydrogen-bond donors (Lipinski definition) is 2. The third kappa shape index (κ3) is 2.65. The Bertz CT molecular complexity index is 577. The normalized spacial score (nSPS) is 10.3. The average Bonchev–Trinajstić information content (AvgIpc) is 2.70. The molecule has 0 spiro atoms. The Balaban J connectivity index is 2.03. The molecule has 6 heteroatoms. The lowest BCUT2D eigenvalue weighted by atomic mass is 10.1. The predicted molar refractivity (Wildman–Crippen MR) is 67.0 cm³/mol. The van der Waals surface area contributed by atoms with Crippen LogP contribution in [0.15, 0.2) is 22.8 Å². The van der Waals surface area contributed by atoms with Gasteiger partial charge in [0.15, 0.2) is 5.82 Å². The summed E-state index contributed by atoms with van der Waals surface area (Å²) in [5.74, 6) is -0.0640. The number of benzene rings is 1. The van der Waals surface area contributed by atoms with Crippen molar-refractivity contribution in [2.75, 3.05) is 11.1 Å². The maximum Gasteiger partial charge on any atom is 0.230 e. The third-order valence-corrected chi connectivity index (χ3v) is 2.70. The number of hydrogen-bond acceptors (Lipinski definition) is 5. The van der Waals surface area contributed by atoms with Gasteiger partial charge in [0.2, 0.25) is 5.91 Å². The number of carbonyl (C=O) groups is 1. The topological polar surface area (TPSA) is 94.0 Å². The largest absolute Gasteiger partial charge is 0.379 e. The molecule has 18 heavy (non-hydrogen) atoms. The van der Waals surface area contributed by atoms with Gasteiger partial charge in [-0.3, -0.25) is 4.79 Å². The predicted octanol–water partition coefficient (Wildman–Crippen LogP) is 1.45. The summed E-state index contributed by atoms with van der Waals surface area (Å²) in [5.41, 5.74) is 8.87. The van der Waals surface area contributed by atoms with Gasteiger partial charge in [0.05, 0.1) is 6.42 Å². The van der Waals surface area contributed by atoms with Gasteiger partial charge in [0, 0.05) is 5.69 Å². The summed E-state index contributed by atoms with van der Waals surface area (Å²) in [6.07, 6.45) is 0.0439. The van der Waals surface area contributed by atoms with E-state index in [1.807, 2.05) is 32.0 Å². The van der Waals surface area contributed by atoms with E-state index >= 15 is 0 Å². The fourth-order valence-electron chi connectivity index (χ4n) is 1.51. The lowest BCUT2D eigenvalue weighted by Gasteiger charge is -2.06. The van der Waals surface area contributed by atoms with Crippen LogP contribution < -0.4 is 11.1 Å². The van der Waals surface area contributed by atoms with Crippen molar-refractivity contribution in [1.29, 1.82) is 0 Å². The van der Waals surface area contributed by atoms with Crippen LogP contribution in [0, 0.1) is 13.8 Å². The second-order valence-corrected chi connectivity index (χ2v) is 4.12. The zero-order valence-corrected chi connectivity index (χ0v) is 10.2. The van der Waals surface area contributed by atoms with Gasteiger partial charge >= 0.3 is 0 Å². The Morgan fingerprint density at radius 1 is 1.33 bits per heavy atom. The van der Waals surface area contributed by atoms with Gasteiger partial charge in [0.25, 0.3) is 0 Å². The van der Waals surface area contributed by atoms with Crippen molar-refractivity contribution in [3.63, 3.8) is 0 Å². The van der Waals surface area contributed by atoms with Gasteiger partial charge in [-0.25, -0.2) is 4.63 Å². The molecule has 1 aromatic heterocycles. The maximum absolute atomic E-state index is 11.8. The molecule has 0 aliphatic heterocycles. The zero-order valence-electron chi connectivity index (χ0n) is 10.2. The van der Waals surface area contributed by atoms with E-state index in [9.17, 15) is 4.79 Å². The van der Waals surface area contributed by atoms with E-state index in [-0.39, 0.29) is 18.1 Å². The Hall–Kier alpha value is -2.37. The van der Waals surface area contributed by atoms with E-state index in [4.69, 9.17) is 5.73 Å². The number of amides is 1. The molecule has 2 rings (SSSR count). The molecule has 1 amide bonds. The number of anilines is 2. The number of rotatable bonds is 3. The van der Waals surface area contributed by atoms with Crippen molar-refractivity contribution in [2.24, 2.45) is 0 Å². The van der Waals surface area contributed by atoms with Gasteiger partial charge in [-0.1, -0.05) is 11.2 Å². The quantitative estimate of drug-likeness (QED) is 0.854. The van der Waals surface area contributed by atoms with E-state index in [0.29, 0.717) is 5.69 Å². The molecule has 0 fully saturated rings. The summed E-state index contributed by atoms with van der Waals surface area (Å²) >= 11 is 0. The Morgan fingerprint density at radius 3 is 2.72 bits per heavy atom. The lowest BCUT2D eigenvalue weighted by molar-refractivity contribution is -0.115. The van der Waals surface area contributed by atoms with Crippen molar-refractivity contribution in [1.82, 2.24) is 10.3 Å². The number of nitrogens with one attached hydrogen (secondary N) is 1. The number of aromatic nitrogens is 2. The molecule has 6 nitrogen and oxygen atoms in total. The number of nitrogens with two attached hydrogens (primary N) is 1. The summed E-state index contributed by atoms with van der Waals surface area (Å²) in [6, 6.07) is 5.72. The van der Waals surface area contributed by atoms with Gasteiger partial charge in [-0.15, -0.1) is 0 Å². The molecule has 0 atom stereocenters. The minimum atomic E-state index is -0.208. The Kier molecular flexibility index (Phi) is 3.27. The zero-order chi connectivity index (χ0) is 13.1. The first-order chi connectivity index (χ1) is 8.56. The van der Waals surface area contributed by atoms with E-state index < -0.39 is 0 Å². The minimum absolute atomic E-state index is 0.0439. The first-order valence-corrected chi connectivity index (χ1v) is 5.50. The smallest absolute Gasteiger partial charge is 0.230 e. The SMILES string of the molecule is Cc1ccc(NC(=O)Cc2nonc2N)cc1C. The van der Waals surface area contributed by atoms with Crippen LogP contribution in [0.25, 0.3) is 0 Å². The molecule has 0 saturated carbocycles. The third-order valence-electron chi connectivity index (χ3n) is 2.70. The molecular formula is C12H14N4O2. The summed E-state index contributed by atoms with van der Waals surface area (Å²) in [5, 5.41) is 9.74. The van der Waals surface area contributed by atoms with E-state index in [2.05, 4.69) is 20.3 Å². The number of nitrogen functional groups attached to an aromatic ring is 1. The number of nitrogens with zero attached hydrogens (tertiary/aromatic N) is 2. The molecule has 1 heterocycles. The molecule has 94 valence electrons. The fourth-order valence-corrected chi connectivity index (χ4v) is 1.51. The van der Waals surface area contributed by atoms with Crippen molar-refractivity contribution in [3.05, 3.63) is 35.0 Å².